The average molecular weight is 670 g/mol. The van der Waals surface area contributed by atoms with Crippen LogP contribution in [0.2, 0.25) is 5.15 Å². The van der Waals surface area contributed by atoms with Gasteiger partial charge in [0.25, 0.3) is 5.91 Å². The van der Waals surface area contributed by atoms with E-state index in [4.69, 9.17) is 21.1 Å². The van der Waals surface area contributed by atoms with Crippen LogP contribution in [0, 0.1) is 13.8 Å². The summed E-state index contributed by atoms with van der Waals surface area (Å²) in [6.07, 6.45) is 6.65. The third kappa shape index (κ3) is 8.90. The number of para-hydroxylation sites is 1. The molecule has 0 radical (unpaired) electrons. The lowest BCUT2D eigenvalue weighted by Crippen LogP contribution is -2.41. The molecule has 1 fully saturated rings. The second kappa shape index (κ2) is 16.6. The largest absolute Gasteiger partial charge is 0.482 e. The van der Waals surface area contributed by atoms with Crippen LogP contribution in [0.15, 0.2) is 79.1 Å². The van der Waals surface area contributed by atoms with Crippen LogP contribution in [0.25, 0.3) is 0 Å². The number of hydrogen-bond donors (Lipinski definition) is 1. The number of esters is 1. The van der Waals surface area contributed by atoms with E-state index in [1.54, 1.807) is 12.3 Å². The Labute approximate surface area is 288 Å². The molecule has 0 bridgehead atoms. The van der Waals surface area contributed by atoms with E-state index in [-0.39, 0.29) is 12.5 Å². The summed E-state index contributed by atoms with van der Waals surface area (Å²) in [5.41, 5.74) is 6.70. The molecule has 9 nitrogen and oxygen atoms in total. The summed E-state index contributed by atoms with van der Waals surface area (Å²) in [7, 11) is 1.35. The monoisotopic (exact) mass is 669 g/mol. The summed E-state index contributed by atoms with van der Waals surface area (Å²) in [5, 5.41) is 3.49. The molecule has 0 saturated carbocycles. The zero-order chi connectivity index (χ0) is 34.0. The minimum Gasteiger partial charge on any atom is -0.482 e. The Balaban J connectivity index is 1.24. The SMILES string of the molecule is COC(=O)COc1ccc(N(Cc2cccnc2)c2ccccc2C2CCN([C@H](C)CCNC(=O)c3c(C)cc(Cl)nc3C)CC2)cc1. The smallest absolute Gasteiger partial charge is 0.343 e. The molecule has 48 heavy (non-hydrogen) atoms. The number of halogens is 1. The Bertz CT molecular complexity index is 1650. The molecular formula is C38H44ClN5O4. The first-order valence-corrected chi connectivity index (χ1v) is 16.8. The van der Waals surface area contributed by atoms with Gasteiger partial charge in [0.2, 0.25) is 0 Å². The molecule has 1 aliphatic heterocycles. The molecule has 4 aromatic rings. The van der Waals surface area contributed by atoms with E-state index in [0.717, 1.165) is 49.2 Å². The molecule has 1 atom stereocenters. The number of anilines is 2. The molecule has 0 unspecified atom stereocenters. The summed E-state index contributed by atoms with van der Waals surface area (Å²) in [6, 6.07) is 22.6. The number of amides is 1. The minimum absolute atomic E-state index is 0.101. The fraction of sp³-hybridized carbons (Fsp3) is 0.368. The highest BCUT2D eigenvalue weighted by atomic mass is 35.5. The Kier molecular flexibility index (Phi) is 12.0. The molecule has 1 aliphatic rings. The number of nitrogens with zero attached hydrogens (tertiary/aromatic N) is 4. The van der Waals surface area contributed by atoms with Crippen molar-refractivity contribution in [2.45, 2.75) is 58.5 Å². The number of benzene rings is 2. The van der Waals surface area contributed by atoms with Crippen molar-refractivity contribution in [3.63, 3.8) is 0 Å². The maximum atomic E-state index is 12.9. The van der Waals surface area contributed by atoms with Gasteiger partial charge in [0.1, 0.15) is 10.9 Å². The van der Waals surface area contributed by atoms with Gasteiger partial charge in [-0.1, -0.05) is 35.9 Å². The molecule has 2 aromatic heterocycles. The van der Waals surface area contributed by atoms with Gasteiger partial charge in [-0.05, 0) is 118 Å². The quantitative estimate of drug-likeness (QED) is 0.120. The van der Waals surface area contributed by atoms with Crippen molar-refractivity contribution in [3.8, 4) is 5.75 Å². The predicted molar refractivity (Wildman–Crippen MR) is 189 cm³/mol. The van der Waals surface area contributed by atoms with Gasteiger partial charge in [-0.25, -0.2) is 9.78 Å². The maximum Gasteiger partial charge on any atom is 0.343 e. The third-order valence-corrected chi connectivity index (χ3v) is 9.25. The van der Waals surface area contributed by atoms with Gasteiger partial charge < -0.3 is 24.6 Å². The van der Waals surface area contributed by atoms with Gasteiger partial charge in [0.15, 0.2) is 6.61 Å². The van der Waals surface area contributed by atoms with Crippen LogP contribution in [-0.4, -0.2) is 66.1 Å². The van der Waals surface area contributed by atoms with Crippen LogP contribution in [0.1, 0.15) is 64.8 Å². The first-order valence-electron chi connectivity index (χ1n) is 16.4. The van der Waals surface area contributed by atoms with E-state index in [1.165, 1.54) is 18.4 Å². The van der Waals surface area contributed by atoms with E-state index in [2.05, 4.69) is 62.3 Å². The first-order chi connectivity index (χ1) is 23.2. The number of aryl methyl sites for hydroxylation is 2. The normalized spacial score (nSPS) is 14.3. The molecule has 1 amide bonds. The van der Waals surface area contributed by atoms with Crippen molar-refractivity contribution in [3.05, 3.63) is 112 Å². The fourth-order valence-corrected chi connectivity index (χ4v) is 6.73. The summed E-state index contributed by atoms with van der Waals surface area (Å²) < 4.78 is 10.3. The lowest BCUT2D eigenvalue weighted by Gasteiger charge is -2.38. The standard InChI is InChI=1S/C38H44ClN5O4/c1-26-22-35(39)42-28(3)37(26)38(46)41-19-15-27(2)43-20-16-30(17-21-43)33-9-5-6-10-34(33)44(24-29-8-7-18-40-23-29)31-11-13-32(14-12-31)48-25-36(45)47-4/h5-14,18,22-23,27,30H,15-17,19-21,24-25H2,1-4H3,(H,41,46)/t27-/m1/s1. The number of nitrogens with one attached hydrogen (secondary N) is 1. The highest BCUT2D eigenvalue weighted by molar-refractivity contribution is 6.29. The van der Waals surface area contributed by atoms with E-state index < -0.39 is 5.97 Å². The van der Waals surface area contributed by atoms with Crippen LogP contribution < -0.4 is 15.0 Å². The Morgan fingerprint density at radius 2 is 1.81 bits per heavy atom. The van der Waals surface area contributed by atoms with Crippen LogP contribution in [0.5, 0.6) is 5.75 Å². The molecule has 10 heteroatoms. The Morgan fingerprint density at radius 1 is 1.06 bits per heavy atom. The maximum absolute atomic E-state index is 12.9. The molecule has 5 rings (SSSR count). The molecule has 1 saturated heterocycles. The zero-order valence-corrected chi connectivity index (χ0v) is 28.9. The Hall–Kier alpha value is -4.47. The predicted octanol–water partition coefficient (Wildman–Crippen LogP) is 7.02. The number of pyridine rings is 2. The van der Waals surface area contributed by atoms with Crippen LogP contribution in [0.4, 0.5) is 11.4 Å². The number of likely N-dealkylation sites (tertiary alicyclic amines) is 1. The van der Waals surface area contributed by atoms with Crippen molar-refractivity contribution < 1.29 is 19.1 Å². The number of carbonyl (C=O) groups is 2. The number of methoxy groups -OCH3 is 1. The molecule has 0 spiro atoms. The molecule has 2 aromatic carbocycles. The second-order valence-corrected chi connectivity index (χ2v) is 12.7. The lowest BCUT2D eigenvalue weighted by molar-refractivity contribution is -0.142. The number of piperidine rings is 1. The topological polar surface area (TPSA) is 96.9 Å². The van der Waals surface area contributed by atoms with E-state index in [1.807, 2.05) is 50.4 Å². The summed E-state index contributed by atoms with van der Waals surface area (Å²) in [4.78, 5) is 37.9. The number of carbonyl (C=O) groups excluding carboxylic acids is 2. The van der Waals surface area contributed by atoms with E-state index in [0.29, 0.717) is 47.2 Å². The van der Waals surface area contributed by atoms with Gasteiger partial charge in [0.05, 0.1) is 18.4 Å². The van der Waals surface area contributed by atoms with E-state index in [9.17, 15) is 9.59 Å². The number of aromatic nitrogens is 2. The number of hydrogen-bond acceptors (Lipinski definition) is 8. The third-order valence-electron chi connectivity index (χ3n) is 9.06. The van der Waals surface area contributed by atoms with E-state index >= 15 is 0 Å². The number of rotatable bonds is 13. The summed E-state index contributed by atoms with van der Waals surface area (Å²) in [6.45, 7) is 9.04. The van der Waals surface area contributed by atoms with Crippen LogP contribution >= 0.6 is 11.6 Å². The van der Waals surface area contributed by atoms with Gasteiger partial charge in [-0.15, -0.1) is 0 Å². The van der Waals surface area contributed by atoms with Gasteiger partial charge in [-0.3, -0.25) is 9.78 Å². The van der Waals surface area contributed by atoms with Gasteiger partial charge >= 0.3 is 5.97 Å². The first kappa shape index (κ1) is 34.9. The van der Waals surface area contributed by atoms with Crippen LogP contribution in [0.3, 0.4) is 0 Å². The molecular weight excluding hydrogens is 626 g/mol. The number of ether oxygens (including phenoxy) is 2. The average Bonchev–Trinajstić information content (AvgIpc) is 3.10. The Morgan fingerprint density at radius 3 is 2.50 bits per heavy atom. The minimum atomic E-state index is -0.421. The van der Waals surface area contributed by atoms with Crippen molar-refractivity contribution in [1.29, 1.82) is 0 Å². The van der Waals surface area contributed by atoms with Crippen molar-refractivity contribution in [1.82, 2.24) is 20.2 Å². The highest BCUT2D eigenvalue weighted by Gasteiger charge is 2.27. The highest BCUT2D eigenvalue weighted by Crippen LogP contribution is 2.39. The van der Waals surface area contributed by atoms with Crippen molar-refractivity contribution in [2.24, 2.45) is 0 Å². The summed E-state index contributed by atoms with van der Waals surface area (Å²) >= 11 is 6.05. The zero-order valence-electron chi connectivity index (χ0n) is 28.1. The molecule has 1 N–H and O–H groups in total. The van der Waals surface area contributed by atoms with Gasteiger partial charge in [-0.2, -0.15) is 0 Å². The van der Waals surface area contributed by atoms with Crippen LogP contribution in [-0.2, 0) is 16.1 Å². The molecule has 0 aliphatic carbocycles. The van der Waals surface area contributed by atoms with Crippen molar-refractivity contribution in [2.75, 3.05) is 38.3 Å². The van der Waals surface area contributed by atoms with Gasteiger partial charge in [0, 0.05) is 42.9 Å². The fourth-order valence-electron chi connectivity index (χ4n) is 6.44. The van der Waals surface area contributed by atoms with Crippen molar-refractivity contribution >= 4 is 34.9 Å². The lowest BCUT2D eigenvalue weighted by atomic mass is 9.87. The molecule has 3 heterocycles. The second-order valence-electron chi connectivity index (χ2n) is 12.3. The molecule has 252 valence electrons. The summed E-state index contributed by atoms with van der Waals surface area (Å²) in [5.74, 6) is 0.491.